The van der Waals surface area contributed by atoms with Crippen LogP contribution in [-0.2, 0) is 12.8 Å². The zero-order valence-corrected chi connectivity index (χ0v) is 15.4. The van der Waals surface area contributed by atoms with Crippen LogP contribution in [0.2, 0.25) is 0 Å². The number of amides is 1. The van der Waals surface area contributed by atoms with Gasteiger partial charge in [0, 0.05) is 6.42 Å². The summed E-state index contributed by atoms with van der Waals surface area (Å²) in [7, 11) is 0. The molecule has 0 saturated heterocycles. The van der Waals surface area contributed by atoms with Crippen LogP contribution in [0.4, 0.5) is 5.13 Å². The molecule has 7 heteroatoms. The Morgan fingerprint density at radius 1 is 1.24 bits per heavy atom. The minimum Gasteiger partial charge on any atom is -0.296 e. The maximum Gasteiger partial charge on any atom is 0.260 e. The van der Waals surface area contributed by atoms with E-state index in [0.717, 1.165) is 22.8 Å². The van der Waals surface area contributed by atoms with Gasteiger partial charge < -0.3 is 0 Å². The molecular weight excluding hydrogens is 334 g/mol. The molecule has 2 heterocycles. The van der Waals surface area contributed by atoms with Crippen molar-refractivity contribution in [2.24, 2.45) is 5.92 Å². The van der Waals surface area contributed by atoms with Crippen molar-refractivity contribution in [3.8, 4) is 5.69 Å². The van der Waals surface area contributed by atoms with Gasteiger partial charge in [-0.1, -0.05) is 50.3 Å². The van der Waals surface area contributed by atoms with Crippen LogP contribution < -0.4 is 5.32 Å². The first kappa shape index (κ1) is 17.3. The summed E-state index contributed by atoms with van der Waals surface area (Å²) in [6.45, 7) is 6.27. The largest absolute Gasteiger partial charge is 0.296 e. The quantitative estimate of drug-likeness (QED) is 0.731. The number of nitrogens with one attached hydrogen (secondary N) is 1. The molecule has 3 rings (SSSR count). The summed E-state index contributed by atoms with van der Waals surface area (Å²) in [4.78, 5) is 12.6. The minimum atomic E-state index is -0.203. The van der Waals surface area contributed by atoms with Crippen LogP contribution in [-0.4, -0.2) is 25.9 Å². The number of benzene rings is 1. The number of rotatable bonds is 6. The highest BCUT2D eigenvalue weighted by atomic mass is 32.1. The Labute approximate surface area is 150 Å². The van der Waals surface area contributed by atoms with Gasteiger partial charge in [-0.25, -0.2) is 4.68 Å². The van der Waals surface area contributed by atoms with Gasteiger partial charge in [-0.15, -0.1) is 10.2 Å². The summed E-state index contributed by atoms with van der Waals surface area (Å²) in [6.07, 6.45) is 3.17. The van der Waals surface area contributed by atoms with Crippen molar-refractivity contribution < 1.29 is 4.79 Å². The van der Waals surface area contributed by atoms with Gasteiger partial charge >= 0.3 is 0 Å². The Bertz CT molecular complexity index is 853. The highest BCUT2D eigenvalue weighted by Crippen LogP contribution is 2.21. The molecule has 1 N–H and O–H groups in total. The van der Waals surface area contributed by atoms with Crippen molar-refractivity contribution in [2.75, 3.05) is 5.32 Å². The number of aromatic nitrogens is 4. The number of hydrogen-bond donors (Lipinski definition) is 1. The van der Waals surface area contributed by atoms with Crippen LogP contribution in [0.3, 0.4) is 0 Å². The van der Waals surface area contributed by atoms with Gasteiger partial charge in [0.2, 0.25) is 5.13 Å². The smallest absolute Gasteiger partial charge is 0.260 e. The predicted octanol–water partition coefficient (Wildman–Crippen LogP) is 3.74. The van der Waals surface area contributed by atoms with Crippen LogP contribution in [0.1, 0.15) is 41.8 Å². The fraction of sp³-hybridized carbons (Fsp3) is 0.333. The lowest BCUT2D eigenvalue weighted by Crippen LogP contribution is -2.14. The summed E-state index contributed by atoms with van der Waals surface area (Å²) in [5.74, 6) is 0.304. The number of carbonyl (C=O) groups is 1. The van der Waals surface area contributed by atoms with Crippen molar-refractivity contribution in [3.63, 3.8) is 0 Å². The van der Waals surface area contributed by atoms with E-state index in [-0.39, 0.29) is 5.91 Å². The molecule has 1 aromatic carbocycles. The topological polar surface area (TPSA) is 72.7 Å². The number of para-hydroxylation sites is 1. The Kier molecular flexibility index (Phi) is 5.23. The van der Waals surface area contributed by atoms with Crippen molar-refractivity contribution in [2.45, 2.75) is 33.6 Å². The lowest BCUT2D eigenvalue weighted by molar-refractivity contribution is 0.102. The molecule has 0 fully saturated rings. The van der Waals surface area contributed by atoms with Gasteiger partial charge in [-0.2, -0.15) is 5.10 Å². The molecule has 0 bridgehead atoms. The molecule has 0 atom stereocenters. The molecule has 0 unspecified atom stereocenters. The van der Waals surface area contributed by atoms with Crippen LogP contribution in [0.5, 0.6) is 0 Å². The van der Waals surface area contributed by atoms with E-state index in [2.05, 4.69) is 34.5 Å². The molecule has 1 amide bonds. The van der Waals surface area contributed by atoms with E-state index in [9.17, 15) is 4.79 Å². The molecule has 0 spiro atoms. The van der Waals surface area contributed by atoms with E-state index in [4.69, 9.17) is 0 Å². The van der Waals surface area contributed by atoms with Crippen molar-refractivity contribution in [1.29, 1.82) is 0 Å². The summed E-state index contributed by atoms with van der Waals surface area (Å²) in [5.41, 5.74) is 2.37. The zero-order valence-electron chi connectivity index (χ0n) is 14.6. The molecule has 130 valence electrons. The Morgan fingerprint density at radius 2 is 2.00 bits per heavy atom. The van der Waals surface area contributed by atoms with Crippen LogP contribution in [0, 0.1) is 5.92 Å². The van der Waals surface area contributed by atoms with Gasteiger partial charge in [0.1, 0.15) is 5.01 Å². The van der Waals surface area contributed by atoms with Crippen LogP contribution in [0.25, 0.3) is 5.69 Å². The fourth-order valence-corrected chi connectivity index (χ4v) is 3.54. The number of hydrogen-bond acceptors (Lipinski definition) is 5. The first-order valence-corrected chi connectivity index (χ1v) is 9.16. The summed E-state index contributed by atoms with van der Waals surface area (Å²) >= 11 is 1.42. The molecule has 0 aliphatic rings. The average molecular weight is 355 g/mol. The van der Waals surface area contributed by atoms with Gasteiger partial charge in [0.15, 0.2) is 0 Å². The third-order valence-corrected chi connectivity index (χ3v) is 4.58. The van der Waals surface area contributed by atoms with Gasteiger partial charge in [0.05, 0.1) is 23.1 Å². The highest BCUT2D eigenvalue weighted by Gasteiger charge is 2.18. The van der Waals surface area contributed by atoms with E-state index in [1.54, 1.807) is 10.9 Å². The molecule has 0 saturated carbocycles. The van der Waals surface area contributed by atoms with Gasteiger partial charge in [0.25, 0.3) is 5.91 Å². The molecule has 25 heavy (non-hydrogen) atoms. The van der Waals surface area contributed by atoms with Crippen molar-refractivity contribution >= 4 is 22.4 Å². The van der Waals surface area contributed by atoms with Gasteiger partial charge in [-0.05, 0) is 24.5 Å². The summed E-state index contributed by atoms with van der Waals surface area (Å²) < 4.78 is 1.80. The highest BCUT2D eigenvalue weighted by molar-refractivity contribution is 7.15. The first-order valence-electron chi connectivity index (χ1n) is 8.34. The zero-order chi connectivity index (χ0) is 17.8. The number of anilines is 1. The van der Waals surface area contributed by atoms with E-state index < -0.39 is 0 Å². The Morgan fingerprint density at radius 3 is 2.68 bits per heavy atom. The van der Waals surface area contributed by atoms with Crippen LogP contribution >= 0.6 is 11.3 Å². The van der Waals surface area contributed by atoms with Gasteiger partial charge in [-0.3, -0.25) is 10.1 Å². The number of nitrogens with zero attached hydrogens (tertiary/aromatic N) is 4. The predicted molar refractivity (Wildman–Crippen MR) is 99.3 cm³/mol. The second kappa shape index (κ2) is 7.57. The summed E-state index contributed by atoms with van der Waals surface area (Å²) in [5, 5.41) is 16.9. The van der Waals surface area contributed by atoms with E-state index >= 15 is 0 Å². The lowest BCUT2D eigenvalue weighted by Gasteiger charge is -2.07. The maximum atomic E-state index is 12.6. The minimum absolute atomic E-state index is 0.203. The second-order valence-electron chi connectivity index (χ2n) is 6.16. The number of carbonyl (C=O) groups excluding carboxylic acids is 1. The van der Waals surface area contributed by atoms with Crippen molar-refractivity contribution in [1.82, 2.24) is 20.0 Å². The molecule has 3 aromatic rings. The fourth-order valence-electron chi connectivity index (χ4n) is 2.60. The normalized spacial score (nSPS) is 11.0. The molecule has 0 aliphatic heterocycles. The average Bonchev–Trinajstić information content (AvgIpc) is 3.21. The van der Waals surface area contributed by atoms with E-state index in [0.29, 0.717) is 23.0 Å². The van der Waals surface area contributed by atoms with E-state index in [1.165, 1.54) is 11.3 Å². The lowest BCUT2D eigenvalue weighted by atomic mass is 10.1. The SMILES string of the molecule is CCc1c(C(=O)Nc2nnc(CC(C)C)s2)cnn1-c1ccccc1. The molecule has 0 radical (unpaired) electrons. The second-order valence-corrected chi connectivity index (χ2v) is 7.22. The molecule has 6 nitrogen and oxygen atoms in total. The van der Waals surface area contributed by atoms with Crippen molar-refractivity contribution in [3.05, 3.63) is 52.8 Å². The molecular formula is C18H21N5OS. The molecule has 0 aliphatic carbocycles. The Balaban J connectivity index is 1.81. The van der Waals surface area contributed by atoms with Crippen LogP contribution in [0.15, 0.2) is 36.5 Å². The summed E-state index contributed by atoms with van der Waals surface area (Å²) in [6, 6.07) is 9.80. The third-order valence-electron chi connectivity index (χ3n) is 3.72. The standard InChI is InChI=1S/C18H21N5OS/c1-4-15-14(11-19-23(15)13-8-6-5-7-9-13)17(24)20-18-22-21-16(25-18)10-12(2)3/h5-9,11-12H,4,10H2,1-3H3,(H,20,22,24). The Hall–Kier alpha value is -2.54. The molecule has 2 aromatic heterocycles. The maximum absolute atomic E-state index is 12.6. The third kappa shape index (κ3) is 3.93. The monoisotopic (exact) mass is 355 g/mol. The van der Waals surface area contributed by atoms with E-state index in [1.807, 2.05) is 37.3 Å². The first-order chi connectivity index (χ1) is 12.1.